The lowest BCUT2D eigenvalue weighted by Gasteiger charge is -2.20. The highest BCUT2D eigenvalue weighted by Gasteiger charge is 2.22. The summed E-state index contributed by atoms with van der Waals surface area (Å²) in [5.74, 6) is -0.361. The number of pyridine rings is 1. The maximum atomic E-state index is 12.0. The fraction of sp³-hybridized carbons (Fsp3) is 0.467. The SMILES string of the molecule is CC(=O)N[C@@H](C(=O)NCCC(=O)Nc1ccccn1)C(C)C. The highest BCUT2D eigenvalue weighted by atomic mass is 16.2. The summed E-state index contributed by atoms with van der Waals surface area (Å²) < 4.78 is 0. The van der Waals surface area contributed by atoms with E-state index in [0.29, 0.717) is 5.82 Å². The van der Waals surface area contributed by atoms with E-state index < -0.39 is 6.04 Å². The number of nitrogens with zero attached hydrogens (tertiary/aromatic N) is 1. The van der Waals surface area contributed by atoms with E-state index >= 15 is 0 Å². The van der Waals surface area contributed by atoms with Crippen LogP contribution in [0.25, 0.3) is 0 Å². The van der Waals surface area contributed by atoms with Crippen molar-refractivity contribution in [3.63, 3.8) is 0 Å². The van der Waals surface area contributed by atoms with Crippen molar-refractivity contribution in [3.8, 4) is 0 Å². The third-order valence-corrected chi connectivity index (χ3v) is 2.89. The first kappa shape index (κ1) is 17.6. The Bertz CT molecular complexity index is 517. The van der Waals surface area contributed by atoms with Crippen LogP contribution < -0.4 is 16.0 Å². The monoisotopic (exact) mass is 306 g/mol. The van der Waals surface area contributed by atoms with Gasteiger partial charge in [0.1, 0.15) is 11.9 Å². The molecule has 0 aromatic carbocycles. The van der Waals surface area contributed by atoms with Crippen molar-refractivity contribution >= 4 is 23.5 Å². The van der Waals surface area contributed by atoms with E-state index in [9.17, 15) is 14.4 Å². The molecule has 22 heavy (non-hydrogen) atoms. The molecule has 3 N–H and O–H groups in total. The molecule has 7 nitrogen and oxygen atoms in total. The Morgan fingerprint density at radius 1 is 1.23 bits per heavy atom. The number of carbonyl (C=O) groups excluding carboxylic acids is 3. The molecule has 1 rings (SSSR count). The number of nitrogens with one attached hydrogen (secondary N) is 3. The Morgan fingerprint density at radius 3 is 2.50 bits per heavy atom. The predicted octanol–water partition coefficient (Wildman–Crippen LogP) is 0.687. The fourth-order valence-corrected chi connectivity index (χ4v) is 1.81. The zero-order valence-electron chi connectivity index (χ0n) is 13.1. The van der Waals surface area contributed by atoms with Crippen LogP contribution in [0.3, 0.4) is 0 Å². The van der Waals surface area contributed by atoms with Crippen molar-refractivity contribution in [1.82, 2.24) is 15.6 Å². The number of rotatable bonds is 7. The van der Waals surface area contributed by atoms with Crippen LogP contribution in [0.5, 0.6) is 0 Å². The van der Waals surface area contributed by atoms with E-state index in [1.807, 2.05) is 13.8 Å². The van der Waals surface area contributed by atoms with Gasteiger partial charge >= 0.3 is 0 Å². The quantitative estimate of drug-likeness (QED) is 0.690. The van der Waals surface area contributed by atoms with E-state index in [2.05, 4.69) is 20.9 Å². The number of carbonyl (C=O) groups is 3. The standard InChI is InChI=1S/C15H22N4O3/c1-10(2)14(18-11(3)20)15(22)17-9-7-13(21)19-12-6-4-5-8-16-12/h4-6,8,10,14H,7,9H2,1-3H3,(H,17,22)(H,18,20)(H,16,19,21)/t14-/m1/s1. The molecule has 0 spiro atoms. The van der Waals surface area contributed by atoms with Crippen LogP contribution in [0.1, 0.15) is 27.2 Å². The molecular formula is C15H22N4O3. The van der Waals surface area contributed by atoms with Gasteiger partial charge in [-0.3, -0.25) is 14.4 Å². The molecule has 1 heterocycles. The summed E-state index contributed by atoms with van der Waals surface area (Å²) in [7, 11) is 0. The van der Waals surface area contributed by atoms with Crippen LogP contribution >= 0.6 is 0 Å². The topological polar surface area (TPSA) is 100 Å². The number of anilines is 1. The summed E-state index contributed by atoms with van der Waals surface area (Å²) >= 11 is 0. The minimum Gasteiger partial charge on any atom is -0.354 e. The summed E-state index contributed by atoms with van der Waals surface area (Å²) in [6.07, 6.45) is 1.71. The van der Waals surface area contributed by atoms with E-state index in [4.69, 9.17) is 0 Å². The maximum Gasteiger partial charge on any atom is 0.242 e. The van der Waals surface area contributed by atoms with E-state index in [-0.39, 0.29) is 36.6 Å². The molecule has 7 heteroatoms. The summed E-state index contributed by atoms with van der Waals surface area (Å²) in [6, 6.07) is 4.60. The second-order valence-corrected chi connectivity index (χ2v) is 5.23. The van der Waals surface area contributed by atoms with Gasteiger partial charge in [-0.05, 0) is 18.1 Å². The van der Waals surface area contributed by atoms with Crippen LogP contribution in [0.2, 0.25) is 0 Å². The lowest BCUT2D eigenvalue weighted by Crippen LogP contribution is -2.49. The van der Waals surface area contributed by atoms with Crippen molar-refractivity contribution in [2.45, 2.75) is 33.2 Å². The van der Waals surface area contributed by atoms with Gasteiger partial charge < -0.3 is 16.0 Å². The van der Waals surface area contributed by atoms with Crippen LogP contribution in [-0.4, -0.2) is 35.3 Å². The molecule has 3 amide bonds. The molecule has 0 fully saturated rings. The van der Waals surface area contributed by atoms with Crippen molar-refractivity contribution in [3.05, 3.63) is 24.4 Å². The predicted molar refractivity (Wildman–Crippen MR) is 82.9 cm³/mol. The third-order valence-electron chi connectivity index (χ3n) is 2.89. The molecule has 1 atom stereocenters. The molecule has 0 bridgehead atoms. The van der Waals surface area contributed by atoms with Gasteiger partial charge in [-0.1, -0.05) is 19.9 Å². The van der Waals surface area contributed by atoms with Gasteiger partial charge in [0.05, 0.1) is 0 Å². The van der Waals surface area contributed by atoms with Crippen molar-refractivity contribution in [1.29, 1.82) is 0 Å². The Hall–Kier alpha value is -2.44. The Kier molecular flexibility index (Phi) is 7.01. The first-order valence-electron chi connectivity index (χ1n) is 7.16. The zero-order valence-corrected chi connectivity index (χ0v) is 13.1. The number of hydrogen-bond donors (Lipinski definition) is 3. The molecule has 0 aliphatic heterocycles. The van der Waals surface area contributed by atoms with Gasteiger partial charge in [-0.2, -0.15) is 0 Å². The molecule has 0 radical (unpaired) electrons. The minimum absolute atomic E-state index is 0.0359. The molecule has 0 unspecified atom stereocenters. The zero-order chi connectivity index (χ0) is 16.5. The fourth-order valence-electron chi connectivity index (χ4n) is 1.81. The normalized spacial score (nSPS) is 11.6. The van der Waals surface area contributed by atoms with Gasteiger partial charge in [0.2, 0.25) is 17.7 Å². The number of hydrogen-bond acceptors (Lipinski definition) is 4. The summed E-state index contributed by atoms with van der Waals surface area (Å²) in [5, 5.41) is 7.88. The van der Waals surface area contributed by atoms with E-state index in [1.165, 1.54) is 6.92 Å². The van der Waals surface area contributed by atoms with Crippen LogP contribution in [-0.2, 0) is 14.4 Å². The average molecular weight is 306 g/mol. The maximum absolute atomic E-state index is 12.0. The Labute approximate surface area is 129 Å². The summed E-state index contributed by atoms with van der Waals surface area (Å²) in [5.41, 5.74) is 0. The number of aromatic nitrogens is 1. The molecular weight excluding hydrogens is 284 g/mol. The first-order valence-corrected chi connectivity index (χ1v) is 7.16. The van der Waals surface area contributed by atoms with Crippen LogP contribution in [0.4, 0.5) is 5.82 Å². The highest BCUT2D eigenvalue weighted by Crippen LogP contribution is 2.02. The molecule has 120 valence electrons. The van der Waals surface area contributed by atoms with Gasteiger partial charge in [0.15, 0.2) is 0 Å². The van der Waals surface area contributed by atoms with Crippen molar-refractivity contribution in [2.24, 2.45) is 5.92 Å². The van der Waals surface area contributed by atoms with Gasteiger partial charge in [-0.25, -0.2) is 4.98 Å². The lowest BCUT2D eigenvalue weighted by molar-refractivity contribution is -0.129. The smallest absolute Gasteiger partial charge is 0.242 e. The average Bonchev–Trinajstić information content (AvgIpc) is 2.45. The molecule has 1 aromatic rings. The van der Waals surface area contributed by atoms with E-state index in [1.54, 1.807) is 24.4 Å². The van der Waals surface area contributed by atoms with E-state index in [0.717, 1.165) is 0 Å². The van der Waals surface area contributed by atoms with Crippen LogP contribution in [0.15, 0.2) is 24.4 Å². The minimum atomic E-state index is -0.601. The molecule has 1 aromatic heterocycles. The van der Waals surface area contributed by atoms with Crippen LogP contribution in [0, 0.1) is 5.92 Å². The largest absolute Gasteiger partial charge is 0.354 e. The van der Waals surface area contributed by atoms with Gasteiger partial charge in [-0.15, -0.1) is 0 Å². The second kappa shape index (κ2) is 8.76. The molecule has 0 aliphatic rings. The van der Waals surface area contributed by atoms with Gasteiger partial charge in [0.25, 0.3) is 0 Å². The Morgan fingerprint density at radius 2 is 1.95 bits per heavy atom. The summed E-state index contributed by atoms with van der Waals surface area (Å²) in [6.45, 7) is 5.24. The third kappa shape index (κ3) is 6.34. The summed E-state index contributed by atoms with van der Waals surface area (Å²) in [4.78, 5) is 38.8. The lowest BCUT2D eigenvalue weighted by atomic mass is 10.0. The Balaban J connectivity index is 2.37. The second-order valence-electron chi connectivity index (χ2n) is 5.23. The van der Waals surface area contributed by atoms with Gasteiger partial charge in [0, 0.05) is 26.1 Å². The van der Waals surface area contributed by atoms with Crippen molar-refractivity contribution in [2.75, 3.05) is 11.9 Å². The highest BCUT2D eigenvalue weighted by molar-refractivity contribution is 5.91. The molecule has 0 saturated carbocycles. The number of amides is 3. The van der Waals surface area contributed by atoms with Crippen molar-refractivity contribution < 1.29 is 14.4 Å². The first-order chi connectivity index (χ1) is 10.4. The molecule has 0 saturated heterocycles. The molecule has 0 aliphatic carbocycles.